The maximum absolute atomic E-state index is 14.4. The predicted octanol–water partition coefficient (Wildman–Crippen LogP) is 5.82. The Balaban J connectivity index is 1.25. The Morgan fingerprint density at radius 2 is 1.88 bits per heavy atom. The lowest BCUT2D eigenvalue weighted by atomic mass is 9.77. The first-order chi connectivity index (χ1) is 16.4. The summed E-state index contributed by atoms with van der Waals surface area (Å²) < 4.78 is 41.8. The van der Waals surface area contributed by atoms with Crippen LogP contribution < -0.4 is 5.32 Å². The zero-order valence-electron chi connectivity index (χ0n) is 18.7. The van der Waals surface area contributed by atoms with Gasteiger partial charge in [-0.2, -0.15) is 0 Å². The molecule has 0 saturated heterocycles. The van der Waals surface area contributed by atoms with Gasteiger partial charge in [0.15, 0.2) is 0 Å². The number of nitrogens with one attached hydrogen (secondary N) is 3. The topological polar surface area (TPSA) is 73.6 Å². The van der Waals surface area contributed by atoms with Gasteiger partial charge in [0, 0.05) is 23.2 Å². The van der Waals surface area contributed by atoms with Gasteiger partial charge in [-0.25, -0.2) is 18.2 Å². The van der Waals surface area contributed by atoms with Gasteiger partial charge >= 0.3 is 0 Å². The van der Waals surface area contributed by atoms with Crippen LogP contribution in [0.25, 0.3) is 22.2 Å². The maximum atomic E-state index is 14.4. The van der Waals surface area contributed by atoms with E-state index in [9.17, 15) is 18.0 Å². The molecule has 2 aromatic carbocycles. The number of carbonyl (C=O) groups excluding carboxylic acids is 1. The zero-order chi connectivity index (χ0) is 23.8. The van der Waals surface area contributed by atoms with Crippen LogP contribution in [0.4, 0.5) is 13.2 Å². The summed E-state index contributed by atoms with van der Waals surface area (Å²) in [6, 6.07) is 8.35. The number of halogens is 3. The van der Waals surface area contributed by atoms with E-state index in [4.69, 9.17) is 0 Å². The second-order valence-electron chi connectivity index (χ2n) is 9.06. The molecule has 0 aliphatic heterocycles. The Labute approximate surface area is 194 Å². The number of amides is 1. The summed E-state index contributed by atoms with van der Waals surface area (Å²) in [5, 5.41) is 3.56. The van der Waals surface area contributed by atoms with Crippen LogP contribution in [0.5, 0.6) is 0 Å². The average Bonchev–Trinajstić information content (AvgIpc) is 3.36. The smallest absolute Gasteiger partial charge is 0.269 e. The van der Waals surface area contributed by atoms with Gasteiger partial charge in [0.05, 0.1) is 17.5 Å². The number of aryl methyl sites for hydroxylation is 2. The molecule has 0 radical (unpaired) electrons. The molecule has 1 saturated carbocycles. The number of rotatable bonds is 7. The van der Waals surface area contributed by atoms with E-state index in [0.717, 1.165) is 42.9 Å². The van der Waals surface area contributed by atoms with Crippen LogP contribution in [0.15, 0.2) is 42.7 Å². The Hall–Kier alpha value is -3.55. The van der Waals surface area contributed by atoms with E-state index in [2.05, 4.69) is 20.3 Å². The highest BCUT2D eigenvalue weighted by Gasteiger charge is 2.30. The lowest BCUT2D eigenvalue weighted by Crippen LogP contribution is -2.44. The zero-order valence-corrected chi connectivity index (χ0v) is 18.7. The fourth-order valence-corrected chi connectivity index (χ4v) is 4.90. The van der Waals surface area contributed by atoms with Gasteiger partial charge < -0.3 is 15.3 Å². The molecule has 1 aliphatic carbocycles. The summed E-state index contributed by atoms with van der Waals surface area (Å²) in [6.45, 7) is 1.79. The van der Waals surface area contributed by atoms with Crippen molar-refractivity contribution in [2.75, 3.05) is 0 Å². The van der Waals surface area contributed by atoms with Crippen LogP contribution >= 0.6 is 0 Å². The summed E-state index contributed by atoms with van der Waals surface area (Å²) in [7, 11) is 0. The number of imidazole rings is 1. The summed E-state index contributed by atoms with van der Waals surface area (Å²) in [5.74, 6) is -1.27. The Morgan fingerprint density at radius 1 is 1.12 bits per heavy atom. The van der Waals surface area contributed by atoms with Gasteiger partial charge in [0.2, 0.25) is 0 Å². The molecule has 0 bridgehead atoms. The molecule has 2 aromatic heterocycles. The van der Waals surface area contributed by atoms with E-state index < -0.39 is 11.6 Å². The fraction of sp³-hybridized carbons (Fsp3) is 0.308. The normalized spacial score (nSPS) is 17.6. The van der Waals surface area contributed by atoms with Gasteiger partial charge in [-0.05, 0) is 86.4 Å². The molecule has 3 N–H and O–H groups in total. The SMILES string of the molecule is Cc1nc[nH]c1C(=O)NC1CC(CCCc2c(-c3ccc(F)cc3)[nH]c3c(F)cc(F)cc23)C1. The third kappa shape index (κ3) is 4.32. The number of hydrogen-bond donors (Lipinski definition) is 3. The van der Waals surface area contributed by atoms with Crippen molar-refractivity contribution in [2.45, 2.75) is 45.1 Å². The van der Waals surface area contributed by atoms with Gasteiger partial charge in [-0.1, -0.05) is 0 Å². The van der Waals surface area contributed by atoms with Crippen molar-refractivity contribution in [3.63, 3.8) is 0 Å². The van der Waals surface area contributed by atoms with Crippen LogP contribution in [-0.2, 0) is 6.42 Å². The van der Waals surface area contributed by atoms with E-state index in [1.54, 1.807) is 19.1 Å². The molecule has 176 valence electrons. The van der Waals surface area contributed by atoms with Crippen molar-refractivity contribution in [2.24, 2.45) is 5.92 Å². The van der Waals surface area contributed by atoms with E-state index in [-0.39, 0.29) is 23.3 Å². The van der Waals surface area contributed by atoms with E-state index >= 15 is 0 Å². The van der Waals surface area contributed by atoms with Crippen molar-refractivity contribution >= 4 is 16.8 Å². The van der Waals surface area contributed by atoms with Gasteiger partial charge in [-0.3, -0.25) is 4.79 Å². The summed E-state index contributed by atoms with van der Waals surface area (Å²) in [5.41, 5.74) is 3.68. The molecular formula is C26H25F3N4O. The molecule has 4 aromatic rings. The first-order valence-electron chi connectivity index (χ1n) is 11.5. The molecule has 34 heavy (non-hydrogen) atoms. The number of aromatic amines is 2. The van der Waals surface area contributed by atoms with Gasteiger partial charge in [0.1, 0.15) is 23.1 Å². The monoisotopic (exact) mass is 466 g/mol. The average molecular weight is 467 g/mol. The molecule has 5 rings (SSSR count). The van der Waals surface area contributed by atoms with E-state index in [1.807, 2.05) is 0 Å². The first kappa shape index (κ1) is 22.3. The Kier molecular flexibility index (Phi) is 5.89. The number of benzene rings is 2. The lowest BCUT2D eigenvalue weighted by Gasteiger charge is -2.36. The highest BCUT2D eigenvalue weighted by Crippen LogP contribution is 2.36. The summed E-state index contributed by atoms with van der Waals surface area (Å²) in [4.78, 5) is 22.3. The number of fused-ring (bicyclic) bond motifs is 1. The number of H-pyrrole nitrogens is 2. The van der Waals surface area contributed by atoms with Crippen LogP contribution in [0, 0.1) is 30.3 Å². The van der Waals surface area contributed by atoms with Crippen LogP contribution in [-0.4, -0.2) is 26.9 Å². The molecule has 0 spiro atoms. The molecule has 0 unspecified atom stereocenters. The van der Waals surface area contributed by atoms with E-state index in [0.29, 0.717) is 34.8 Å². The molecular weight excluding hydrogens is 441 g/mol. The summed E-state index contributed by atoms with van der Waals surface area (Å²) in [6.07, 6.45) is 5.74. The number of carbonyl (C=O) groups is 1. The molecule has 0 atom stereocenters. The largest absolute Gasteiger partial charge is 0.352 e. The highest BCUT2D eigenvalue weighted by atomic mass is 19.1. The Bertz CT molecular complexity index is 1340. The number of nitrogens with zero attached hydrogens (tertiary/aromatic N) is 1. The molecule has 8 heteroatoms. The van der Waals surface area contributed by atoms with Crippen molar-refractivity contribution in [1.82, 2.24) is 20.3 Å². The minimum absolute atomic E-state index is 0.134. The van der Waals surface area contributed by atoms with Gasteiger partial charge in [0.25, 0.3) is 5.91 Å². The third-order valence-electron chi connectivity index (χ3n) is 6.73. The lowest BCUT2D eigenvalue weighted by molar-refractivity contribution is 0.0879. The van der Waals surface area contributed by atoms with E-state index in [1.165, 1.54) is 24.5 Å². The van der Waals surface area contributed by atoms with Crippen molar-refractivity contribution in [1.29, 1.82) is 0 Å². The quantitative estimate of drug-likeness (QED) is 0.321. The molecule has 2 heterocycles. The third-order valence-corrected chi connectivity index (χ3v) is 6.73. The second kappa shape index (κ2) is 9.00. The Morgan fingerprint density at radius 3 is 2.59 bits per heavy atom. The molecule has 1 amide bonds. The number of aromatic nitrogens is 3. The fourth-order valence-electron chi connectivity index (χ4n) is 4.90. The molecule has 5 nitrogen and oxygen atoms in total. The van der Waals surface area contributed by atoms with Crippen molar-refractivity contribution in [3.8, 4) is 11.3 Å². The van der Waals surface area contributed by atoms with Crippen molar-refractivity contribution < 1.29 is 18.0 Å². The predicted molar refractivity (Wildman–Crippen MR) is 124 cm³/mol. The summed E-state index contributed by atoms with van der Waals surface area (Å²) >= 11 is 0. The van der Waals surface area contributed by atoms with Gasteiger partial charge in [-0.15, -0.1) is 0 Å². The minimum atomic E-state index is -0.644. The first-order valence-corrected chi connectivity index (χ1v) is 11.5. The molecule has 1 aliphatic rings. The number of hydrogen-bond acceptors (Lipinski definition) is 2. The van der Waals surface area contributed by atoms with Crippen molar-refractivity contribution in [3.05, 3.63) is 77.1 Å². The van der Waals surface area contributed by atoms with Crippen LogP contribution in [0.1, 0.15) is 47.4 Å². The standard InChI is InChI=1S/C26H25F3N4O/c1-14-23(31-13-30-14)26(34)32-19-9-15(10-19)3-2-4-20-21-11-18(28)12-22(29)25(21)33-24(20)16-5-7-17(27)8-6-16/h5-8,11-13,15,19,33H,2-4,9-10H2,1H3,(H,30,31)(H,32,34). The molecule has 1 fully saturated rings. The second-order valence-corrected chi connectivity index (χ2v) is 9.06. The van der Waals surface area contributed by atoms with Crippen LogP contribution in [0.2, 0.25) is 0 Å². The van der Waals surface area contributed by atoms with Crippen LogP contribution in [0.3, 0.4) is 0 Å². The highest BCUT2D eigenvalue weighted by molar-refractivity contribution is 5.93. The maximum Gasteiger partial charge on any atom is 0.269 e. The minimum Gasteiger partial charge on any atom is -0.352 e.